The van der Waals surface area contributed by atoms with Gasteiger partial charge in [0, 0.05) is 39.2 Å². The van der Waals surface area contributed by atoms with Crippen molar-refractivity contribution in [2.24, 2.45) is 5.41 Å². The Hall–Kier alpha value is -0.650. The number of carbonyl (C=O) groups excluding carboxylic acids is 1. The number of hydrogen-bond donors (Lipinski definition) is 2. The second-order valence-electron chi connectivity index (χ2n) is 7.05. The molecular weight excluding hydrogens is 266 g/mol. The number of amides is 1. The first-order valence-electron chi connectivity index (χ1n) is 7.94. The highest BCUT2D eigenvalue weighted by molar-refractivity contribution is 5.81. The minimum atomic E-state index is -0.402. The first-order valence-corrected chi connectivity index (χ1v) is 7.94. The molecule has 0 atom stereocenters. The lowest BCUT2D eigenvalue weighted by Gasteiger charge is -2.28. The van der Waals surface area contributed by atoms with Crippen molar-refractivity contribution in [2.45, 2.75) is 59.5 Å². The Morgan fingerprint density at radius 1 is 1.10 bits per heavy atom. The molecule has 5 nitrogen and oxygen atoms in total. The second kappa shape index (κ2) is 9.38. The molecule has 0 aliphatic heterocycles. The quantitative estimate of drug-likeness (QED) is 0.454. The van der Waals surface area contributed by atoms with Gasteiger partial charge in [0.1, 0.15) is 0 Å². The van der Waals surface area contributed by atoms with Crippen molar-refractivity contribution >= 4 is 5.91 Å². The third-order valence-corrected chi connectivity index (χ3v) is 3.53. The molecule has 0 saturated carbocycles. The zero-order valence-electron chi connectivity index (χ0n) is 15.0. The van der Waals surface area contributed by atoms with E-state index in [2.05, 4.69) is 31.5 Å². The largest absolute Gasteiger partial charge is 0.376 e. The van der Waals surface area contributed by atoms with Gasteiger partial charge in [-0.15, -0.1) is 0 Å². The number of rotatable bonds is 11. The van der Waals surface area contributed by atoms with E-state index in [1.165, 1.54) is 0 Å². The van der Waals surface area contributed by atoms with Gasteiger partial charge in [-0.05, 0) is 26.7 Å². The molecule has 0 aromatic heterocycles. The highest BCUT2D eigenvalue weighted by atomic mass is 16.5. The van der Waals surface area contributed by atoms with E-state index < -0.39 is 5.41 Å². The Labute approximate surface area is 130 Å². The summed E-state index contributed by atoms with van der Waals surface area (Å²) in [5, 5.41) is 4.84. The van der Waals surface area contributed by atoms with Gasteiger partial charge in [-0.25, -0.2) is 0 Å². The normalized spacial score (nSPS) is 12.8. The van der Waals surface area contributed by atoms with Crippen molar-refractivity contribution in [3.63, 3.8) is 0 Å². The molecule has 1 amide bonds. The third kappa shape index (κ3) is 9.82. The van der Waals surface area contributed by atoms with E-state index in [1.807, 2.05) is 33.0 Å². The molecule has 2 N–H and O–H groups in total. The SMILES string of the molecule is CCCC(C)(C)OCCC(C)(C)C(=O)NCCNN(C)C. The van der Waals surface area contributed by atoms with Crippen LogP contribution in [-0.2, 0) is 9.53 Å². The smallest absolute Gasteiger partial charge is 0.225 e. The number of hydrogen-bond acceptors (Lipinski definition) is 4. The Bertz CT molecular complexity index is 302. The molecule has 0 saturated heterocycles. The standard InChI is InChI=1S/C16H35N3O2/c1-8-9-16(4,5)21-13-10-15(2,3)14(20)17-11-12-18-19(6)7/h18H,8-13H2,1-7H3,(H,17,20). The molecule has 0 fully saturated rings. The molecule has 0 rings (SSSR count). The fourth-order valence-corrected chi connectivity index (χ4v) is 2.07. The molecule has 0 heterocycles. The van der Waals surface area contributed by atoms with Gasteiger partial charge in [-0.3, -0.25) is 15.2 Å². The summed E-state index contributed by atoms with van der Waals surface area (Å²) in [7, 11) is 3.86. The Morgan fingerprint density at radius 3 is 2.24 bits per heavy atom. The van der Waals surface area contributed by atoms with Gasteiger partial charge in [0.15, 0.2) is 0 Å². The van der Waals surface area contributed by atoms with Crippen LogP contribution in [0.15, 0.2) is 0 Å². The minimum absolute atomic E-state index is 0.0833. The average Bonchev–Trinajstić information content (AvgIpc) is 2.33. The lowest BCUT2D eigenvalue weighted by Crippen LogP contribution is -2.43. The topological polar surface area (TPSA) is 53.6 Å². The van der Waals surface area contributed by atoms with Crippen molar-refractivity contribution in [1.82, 2.24) is 15.8 Å². The number of carbonyl (C=O) groups is 1. The van der Waals surface area contributed by atoms with Crippen LogP contribution in [0.5, 0.6) is 0 Å². The maximum absolute atomic E-state index is 12.2. The average molecular weight is 301 g/mol. The van der Waals surface area contributed by atoms with Crippen LogP contribution in [-0.4, -0.2) is 50.3 Å². The summed E-state index contributed by atoms with van der Waals surface area (Å²) in [5.74, 6) is 0.0833. The van der Waals surface area contributed by atoms with Crippen molar-refractivity contribution in [1.29, 1.82) is 0 Å². The minimum Gasteiger partial charge on any atom is -0.376 e. The van der Waals surface area contributed by atoms with Gasteiger partial charge >= 0.3 is 0 Å². The van der Waals surface area contributed by atoms with Crippen molar-refractivity contribution < 1.29 is 9.53 Å². The number of hydrazine groups is 1. The summed E-state index contributed by atoms with van der Waals surface area (Å²) >= 11 is 0. The third-order valence-electron chi connectivity index (χ3n) is 3.53. The summed E-state index contributed by atoms with van der Waals surface area (Å²) in [6.45, 7) is 12.3. The van der Waals surface area contributed by atoms with Crippen molar-refractivity contribution in [3.05, 3.63) is 0 Å². The molecule has 0 aromatic carbocycles. The maximum atomic E-state index is 12.2. The second-order valence-corrected chi connectivity index (χ2v) is 7.05. The maximum Gasteiger partial charge on any atom is 0.225 e. The predicted octanol–water partition coefficient (Wildman–Crippen LogP) is 2.18. The first-order chi connectivity index (χ1) is 9.60. The van der Waals surface area contributed by atoms with Gasteiger partial charge < -0.3 is 10.1 Å². The monoisotopic (exact) mass is 301 g/mol. The highest BCUT2D eigenvalue weighted by Gasteiger charge is 2.28. The highest BCUT2D eigenvalue weighted by Crippen LogP contribution is 2.23. The van der Waals surface area contributed by atoms with Crippen LogP contribution < -0.4 is 10.7 Å². The van der Waals surface area contributed by atoms with E-state index in [0.717, 1.165) is 25.8 Å². The van der Waals surface area contributed by atoms with Gasteiger partial charge in [-0.2, -0.15) is 0 Å². The fraction of sp³-hybridized carbons (Fsp3) is 0.938. The lowest BCUT2D eigenvalue weighted by molar-refractivity contribution is -0.131. The summed E-state index contributed by atoms with van der Waals surface area (Å²) in [6.07, 6.45) is 2.87. The first kappa shape index (κ1) is 20.3. The van der Waals surface area contributed by atoms with Crippen LogP contribution in [0, 0.1) is 5.41 Å². The molecule has 0 spiro atoms. The van der Waals surface area contributed by atoms with Crippen molar-refractivity contribution in [2.75, 3.05) is 33.8 Å². The fourth-order valence-electron chi connectivity index (χ4n) is 2.07. The molecule has 0 aliphatic carbocycles. The van der Waals surface area contributed by atoms with Gasteiger partial charge in [0.05, 0.1) is 5.60 Å². The van der Waals surface area contributed by atoms with E-state index in [-0.39, 0.29) is 11.5 Å². The van der Waals surface area contributed by atoms with E-state index in [4.69, 9.17) is 4.74 Å². The summed E-state index contributed by atoms with van der Waals surface area (Å²) < 4.78 is 5.91. The lowest BCUT2D eigenvalue weighted by atomic mass is 9.88. The summed E-state index contributed by atoms with van der Waals surface area (Å²) in [4.78, 5) is 12.2. The van der Waals surface area contributed by atoms with Crippen LogP contribution in [0.1, 0.15) is 53.9 Å². The molecule has 0 radical (unpaired) electrons. The molecule has 21 heavy (non-hydrogen) atoms. The Kier molecular flexibility index (Phi) is 9.09. The van der Waals surface area contributed by atoms with E-state index in [0.29, 0.717) is 13.2 Å². The van der Waals surface area contributed by atoms with Crippen LogP contribution >= 0.6 is 0 Å². The Balaban J connectivity index is 4.03. The van der Waals surface area contributed by atoms with E-state index >= 15 is 0 Å². The van der Waals surface area contributed by atoms with Crippen LogP contribution in [0.4, 0.5) is 0 Å². The number of ether oxygens (including phenoxy) is 1. The van der Waals surface area contributed by atoms with E-state index in [9.17, 15) is 4.79 Å². The van der Waals surface area contributed by atoms with Crippen LogP contribution in [0.25, 0.3) is 0 Å². The number of nitrogens with one attached hydrogen (secondary N) is 2. The van der Waals surface area contributed by atoms with Gasteiger partial charge in [0.25, 0.3) is 0 Å². The van der Waals surface area contributed by atoms with Crippen LogP contribution in [0.3, 0.4) is 0 Å². The summed E-state index contributed by atoms with van der Waals surface area (Å²) in [5.41, 5.74) is 2.62. The molecule has 126 valence electrons. The molecule has 5 heteroatoms. The summed E-state index contributed by atoms with van der Waals surface area (Å²) in [6, 6.07) is 0. The number of nitrogens with zero attached hydrogens (tertiary/aromatic N) is 1. The molecule has 0 bridgehead atoms. The van der Waals surface area contributed by atoms with Gasteiger partial charge in [0.2, 0.25) is 5.91 Å². The predicted molar refractivity (Wildman–Crippen MR) is 88.0 cm³/mol. The van der Waals surface area contributed by atoms with Crippen molar-refractivity contribution in [3.8, 4) is 0 Å². The molecule has 0 aromatic rings. The Morgan fingerprint density at radius 2 is 1.71 bits per heavy atom. The van der Waals surface area contributed by atoms with Crippen LogP contribution in [0.2, 0.25) is 0 Å². The molecule has 0 unspecified atom stereocenters. The molecular formula is C16H35N3O2. The zero-order chi connectivity index (χ0) is 16.5. The van der Waals surface area contributed by atoms with E-state index in [1.54, 1.807) is 0 Å². The molecule has 0 aliphatic rings. The van der Waals surface area contributed by atoms with Gasteiger partial charge in [-0.1, -0.05) is 27.2 Å². The zero-order valence-corrected chi connectivity index (χ0v) is 15.0.